The summed E-state index contributed by atoms with van der Waals surface area (Å²) >= 11 is 0. The van der Waals surface area contributed by atoms with Gasteiger partial charge in [0.05, 0.1) is 24.7 Å². The van der Waals surface area contributed by atoms with E-state index in [9.17, 15) is 8.42 Å². The Balaban J connectivity index is 2.12. The zero-order valence-corrected chi connectivity index (χ0v) is 11.6. The Morgan fingerprint density at radius 1 is 1.53 bits per heavy atom. The zero-order chi connectivity index (χ0) is 13.9. The number of methoxy groups -OCH3 is 1. The second-order valence-corrected chi connectivity index (χ2v) is 6.25. The van der Waals surface area contributed by atoms with Gasteiger partial charge in [0.1, 0.15) is 5.75 Å². The van der Waals surface area contributed by atoms with Gasteiger partial charge in [-0.15, -0.1) is 0 Å². The van der Waals surface area contributed by atoms with Crippen LogP contribution >= 0.6 is 0 Å². The first-order valence-corrected chi connectivity index (χ1v) is 7.71. The van der Waals surface area contributed by atoms with E-state index in [0.29, 0.717) is 23.7 Å². The number of rotatable bonds is 5. The van der Waals surface area contributed by atoms with Gasteiger partial charge in [-0.25, -0.2) is 8.42 Å². The largest absolute Gasteiger partial charge is 0.495 e. The molecule has 1 heterocycles. The minimum atomic E-state index is -3.48. The quantitative estimate of drug-likeness (QED) is 0.794. The Hall–Kier alpha value is -1.47. The van der Waals surface area contributed by atoms with Crippen LogP contribution in [-0.4, -0.2) is 34.0 Å². The number of ether oxygens (including phenoxy) is 2. The fourth-order valence-electron chi connectivity index (χ4n) is 2.04. The van der Waals surface area contributed by atoms with E-state index in [1.165, 1.54) is 13.2 Å². The molecule has 3 N–H and O–H groups in total. The summed E-state index contributed by atoms with van der Waals surface area (Å²) in [5.74, 6) is 0.385. The van der Waals surface area contributed by atoms with Crippen molar-refractivity contribution in [2.75, 3.05) is 29.9 Å². The summed E-state index contributed by atoms with van der Waals surface area (Å²) in [6, 6.07) is 4.81. The molecule has 2 rings (SSSR count). The average molecular weight is 286 g/mol. The van der Waals surface area contributed by atoms with Crippen molar-refractivity contribution in [3.05, 3.63) is 18.2 Å². The topological polar surface area (TPSA) is 90.6 Å². The summed E-state index contributed by atoms with van der Waals surface area (Å²) in [4.78, 5) is 0. The highest BCUT2D eigenvalue weighted by Crippen LogP contribution is 2.28. The van der Waals surface area contributed by atoms with Gasteiger partial charge in [0, 0.05) is 12.3 Å². The third kappa shape index (κ3) is 3.74. The van der Waals surface area contributed by atoms with E-state index in [0.717, 1.165) is 12.8 Å². The molecule has 0 saturated carbocycles. The molecule has 106 valence electrons. The zero-order valence-electron chi connectivity index (χ0n) is 10.8. The molecule has 1 fully saturated rings. The van der Waals surface area contributed by atoms with E-state index in [1.807, 2.05) is 0 Å². The Bertz CT molecular complexity index is 539. The second kappa shape index (κ2) is 5.66. The Morgan fingerprint density at radius 3 is 2.95 bits per heavy atom. The summed E-state index contributed by atoms with van der Waals surface area (Å²) in [6.45, 7) is 0.627. The van der Waals surface area contributed by atoms with Crippen molar-refractivity contribution in [1.82, 2.24) is 0 Å². The lowest BCUT2D eigenvalue weighted by Gasteiger charge is -2.14. The number of hydrogen-bond donors (Lipinski definition) is 2. The van der Waals surface area contributed by atoms with Crippen molar-refractivity contribution < 1.29 is 17.9 Å². The number of nitrogen functional groups attached to an aromatic ring is 1. The lowest BCUT2D eigenvalue weighted by atomic mass is 10.2. The van der Waals surface area contributed by atoms with E-state index in [-0.39, 0.29) is 11.9 Å². The van der Waals surface area contributed by atoms with Gasteiger partial charge >= 0.3 is 0 Å². The summed E-state index contributed by atoms with van der Waals surface area (Å²) < 4.78 is 37.0. The van der Waals surface area contributed by atoms with Crippen LogP contribution in [-0.2, 0) is 14.8 Å². The Morgan fingerprint density at radius 2 is 2.32 bits per heavy atom. The molecule has 7 heteroatoms. The summed E-state index contributed by atoms with van der Waals surface area (Å²) in [7, 11) is -2.00. The van der Waals surface area contributed by atoms with E-state index < -0.39 is 10.0 Å². The highest BCUT2D eigenvalue weighted by atomic mass is 32.2. The first-order valence-electron chi connectivity index (χ1n) is 6.06. The van der Waals surface area contributed by atoms with Crippen molar-refractivity contribution in [2.45, 2.75) is 18.9 Å². The van der Waals surface area contributed by atoms with Crippen LogP contribution in [0.2, 0.25) is 0 Å². The fourth-order valence-corrected chi connectivity index (χ4v) is 3.37. The summed E-state index contributed by atoms with van der Waals surface area (Å²) in [6.07, 6.45) is 1.45. The molecule has 0 aliphatic carbocycles. The van der Waals surface area contributed by atoms with Crippen LogP contribution in [0.1, 0.15) is 12.8 Å². The van der Waals surface area contributed by atoms with E-state index in [1.54, 1.807) is 12.1 Å². The molecule has 1 unspecified atom stereocenters. The highest BCUT2D eigenvalue weighted by molar-refractivity contribution is 7.92. The number of hydrogen-bond acceptors (Lipinski definition) is 5. The molecule has 1 aliphatic heterocycles. The third-order valence-corrected chi connectivity index (χ3v) is 4.26. The van der Waals surface area contributed by atoms with Crippen molar-refractivity contribution >= 4 is 21.4 Å². The number of benzene rings is 1. The predicted molar refractivity (Wildman–Crippen MR) is 73.8 cm³/mol. The van der Waals surface area contributed by atoms with E-state index in [2.05, 4.69) is 4.72 Å². The number of nitrogens with two attached hydrogens (primary N) is 1. The number of nitrogens with one attached hydrogen (secondary N) is 1. The Kier molecular flexibility index (Phi) is 4.16. The molecule has 0 aromatic heterocycles. The smallest absolute Gasteiger partial charge is 0.235 e. The van der Waals surface area contributed by atoms with Gasteiger partial charge in [0.25, 0.3) is 0 Å². The third-order valence-electron chi connectivity index (χ3n) is 2.92. The SMILES string of the molecule is COc1ccc(N)cc1NS(=O)(=O)CC1CCCO1. The van der Waals surface area contributed by atoms with Gasteiger partial charge in [0.2, 0.25) is 10.0 Å². The monoisotopic (exact) mass is 286 g/mol. The lowest BCUT2D eigenvalue weighted by Crippen LogP contribution is -2.25. The minimum Gasteiger partial charge on any atom is -0.495 e. The molecule has 6 nitrogen and oxygen atoms in total. The molecule has 0 amide bonds. The van der Waals surface area contributed by atoms with E-state index in [4.69, 9.17) is 15.2 Å². The molecule has 0 bridgehead atoms. The standard InChI is InChI=1S/C12H18N2O4S/c1-17-12-5-4-9(13)7-11(12)14-19(15,16)8-10-3-2-6-18-10/h4-5,7,10,14H,2-3,6,8,13H2,1H3. The van der Waals surface area contributed by atoms with Crippen molar-refractivity contribution in [3.63, 3.8) is 0 Å². The van der Waals surface area contributed by atoms with Gasteiger partial charge < -0.3 is 15.2 Å². The van der Waals surface area contributed by atoms with Crippen LogP contribution in [0.15, 0.2) is 18.2 Å². The van der Waals surface area contributed by atoms with Crippen LogP contribution < -0.4 is 15.2 Å². The maximum Gasteiger partial charge on any atom is 0.235 e. The van der Waals surface area contributed by atoms with E-state index >= 15 is 0 Å². The molecule has 1 aliphatic rings. The maximum absolute atomic E-state index is 12.0. The van der Waals surface area contributed by atoms with Gasteiger partial charge in [-0.05, 0) is 31.0 Å². The molecule has 1 aromatic rings. The molecule has 0 radical (unpaired) electrons. The Labute approximate surface area is 112 Å². The van der Waals surface area contributed by atoms with Crippen LogP contribution in [0, 0.1) is 0 Å². The molecular formula is C12H18N2O4S. The first kappa shape index (κ1) is 14.0. The van der Waals surface area contributed by atoms with Crippen LogP contribution in [0.3, 0.4) is 0 Å². The average Bonchev–Trinajstić information content (AvgIpc) is 2.80. The predicted octanol–water partition coefficient (Wildman–Crippen LogP) is 1.20. The minimum absolute atomic E-state index is 0.0506. The van der Waals surface area contributed by atoms with Crippen LogP contribution in [0.5, 0.6) is 5.75 Å². The fraction of sp³-hybridized carbons (Fsp3) is 0.500. The van der Waals surface area contributed by atoms with Crippen LogP contribution in [0.25, 0.3) is 0 Å². The summed E-state index contributed by atoms with van der Waals surface area (Å²) in [5.41, 5.74) is 6.47. The van der Waals surface area contributed by atoms with Gasteiger partial charge in [0.15, 0.2) is 0 Å². The molecule has 1 aromatic carbocycles. The second-order valence-electron chi connectivity index (χ2n) is 4.48. The number of sulfonamides is 1. The maximum atomic E-state index is 12.0. The summed E-state index contributed by atoms with van der Waals surface area (Å²) in [5, 5.41) is 0. The molecule has 19 heavy (non-hydrogen) atoms. The van der Waals surface area contributed by atoms with Crippen molar-refractivity contribution in [3.8, 4) is 5.75 Å². The molecule has 1 saturated heterocycles. The molecular weight excluding hydrogens is 268 g/mol. The van der Waals surface area contributed by atoms with Gasteiger partial charge in [-0.1, -0.05) is 0 Å². The normalized spacial score (nSPS) is 19.3. The lowest BCUT2D eigenvalue weighted by molar-refractivity contribution is 0.127. The highest BCUT2D eigenvalue weighted by Gasteiger charge is 2.24. The first-order chi connectivity index (χ1) is 9.00. The molecule has 1 atom stereocenters. The van der Waals surface area contributed by atoms with Gasteiger partial charge in [-0.3, -0.25) is 4.72 Å². The van der Waals surface area contributed by atoms with Crippen LogP contribution in [0.4, 0.5) is 11.4 Å². The van der Waals surface area contributed by atoms with Gasteiger partial charge in [-0.2, -0.15) is 0 Å². The van der Waals surface area contributed by atoms with Crippen molar-refractivity contribution in [1.29, 1.82) is 0 Å². The van der Waals surface area contributed by atoms with Crippen molar-refractivity contribution in [2.24, 2.45) is 0 Å². The number of anilines is 2. The molecule has 0 spiro atoms.